The minimum Gasteiger partial charge on any atom is -0.483 e. The molecule has 0 N–H and O–H groups in total. The van der Waals surface area contributed by atoms with Crippen molar-refractivity contribution < 1.29 is 33.0 Å². The fourth-order valence-corrected chi connectivity index (χ4v) is 10.4. The lowest BCUT2D eigenvalue weighted by molar-refractivity contribution is -0.192. The fraction of sp³-hybridized carbons (Fsp3) is 0.339. The molecule has 4 heterocycles. The summed E-state index contributed by atoms with van der Waals surface area (Å²) in [5, 5.41) is 0.636. The lowest BCUT2D eigenvalue weighted by Crippen LogP contribution is -2.54. The molecule has 1 aliphatic carbocycles. The van der Waals surface area contributed by atoms with Gasteiger partial charge in [0, 0.05) is 48.3 Å². The highest BCUT2D eigenvalue weighted by Crippen LogP contribution is 2.50. The van der Waals surface area contributed by atoms with Gasteiger partial charge < -0.3 is 23.4 Å². The summed E-state index contributed by atoms with van der Waals surface area (Å²) in [6.45, 7) is 6.13. The number of hydrogen-bond donors (Lipinski definition) is 0. The van der Waals surface area contributed by atoms with E-state index in [-0.39, 0.29) is 29.8 Å². The summed E-state index contributed by atoms with van der Waals surface area (Å²) in [6, 6.07) is 43.6. The zero-order valence-electron chi connectivity index (χ0n) is 39.0. The van der Waals surface area contributed by atoms with Gasteiger partial charge in [0.05, 0.1) is 12.2 Å². The Morgan fingerprint density at radius 3 is 2.24 bits per heavy atom. The number of methoxy groups -OCH3 is 1. The van der Waals surface area contributed by atoms with Crippen LogP contribution in [0.4, 0.5) is 0 Å². The molecule has 3 aliphatic heterocycles. The average Bonchev–Trinajstić information content (AvgIpc) is 3.32. The number of rotatable bonds is 10. The van der Waals surface area contributed by atoms with Crippen molar-refractivity contribution in [3.05, 3.63) is 206 Å². The molecule has 0 saturated heterocycles. The number of ether oxygens (including phenoxy) is 4. The summed E-state index contributed by atoms with van der Waals surface area (Å²) in [6.07, 6.45) is 7.37. The summed E-state index contributed by atoms with van der Waals surface area (Å²) in [7, 11) is 1.59. The van der Waals surface area contributed by atoms with Crippen LogP contribution in [0.2, 0.25) is 0 Å². The molecule has 8 heteroatoms. The number of hydrogen-bond acceptors (Lipinski definition) is 8. The number of allylic oxidation sites excluding steroid dienone is 3. The van der Waals surface area contributed by atoms with Crippen LogP contribution in [0.15, 0.2) is 160 Å². The number of esters is 2. The third-order valence-electron chi connectivity index (χ3n) is 14.1. The molecular weight excluding hydrogens is 837 g/mol. The van der Waals surface area contributed by atoms with E-state index in [2.05, 4.69) is 97.1 Å². The van der Waals surface area contributed by atoms with E-state index >= 15 is 4.79 Å². The van der Waals surface area contributed by atoms with Gasteiger partial charge in [-0.1, -0.05) is 127 Å². The molecule has 6 atom stereocenters. The van der Waals surface area contributed by atoms with E-state index < -0.39 is 35.4 Å². The Kier molecular flexibility index (Phi) is 13.7. The zero-order chi connectivity index (χ0) is 46.5. The quantitative estimate of drug-likeness (QED) is 0.0580. The molecular formula is C59H60O8. The van der Waals surface area contributed by atoms with Gasteiger partial charge in [-0.15, -0.1) is 0 Å². The van der Waals surface area contributed by atoms with Gasteiger partial charge in [0.15, 0.2) is 12.2 Å². The molecule has 0 radical (unpaired) electrons. The molecule has 4 aliphatic rings. The predicted octanol–water partition coefficient (Wildman–Crippen LogP) is 12.1. The van der Waals surface area contributed by atoms with Crippen molar-refractivity contribution in [1.82, 2.24) is 0 Å². The van der Waals surface area contributed by atoms with Crippen molar-refractivity contribution in [1.29, 1.82) is 0 Å². The highest BCUT2D eigenvalue weighted by Gasteiger charge is 2.53. The average molecular weight is 897 g/mol. The normalized spacial score (nSPS) is 22.8. The summed E-state index contributed by atoms with van der Waals surface area (Å²) in [4.78, 5) is 43.4. The van der Waals surface area contributed by atoms with Crippen molar-refractivity contribution in [3.63, 3.8) is 0 Å². The number of carbonyl (C=O) groups excluding carboxylic acids is 2. The van der Waals surface area contributed by atoms with Crippen LogP contribution in [0.3, 0.4) is 0 Å². The standard InChI is InChI=1S/C59H60O8/c1-38(2)49-27-22-40-20-23-43(24-21-40)50-28-25-45(44-19-11-17-42(34-44)33-41-15-9-6-10-16-41)35-48(50)37-52(60)64-55-53-51(29-26-46-36-47(30-32-63-4)57(61)65-54(46)53)67-59(3,56(55)66-58(49)62)31-12-18-39-13-7-5-8-14-39/h5-11,13-17,19-21,23-26,28-29,34,36,45,48,50,55-56H,12,18,22,27,30-33,35,37H2,1-4H3/t45-,48+,50+,55-,56+,59+/m1/s1. The second kappa shape index (κ2) is 20.2. The van der Waals surface area contributed by atoms with E-state index in [4.69, 9.17) is 23.4 Å². The predicted molar refractivity (Wildman–Crippen MR) is 261 cm³/mol. The zero-order valence-corrected chi connectivity index (χ0v) is 39.0. The van der Waals surface area contributed by atoms with E-state index in [0.717, 1.165) is 36.0 Å². The summed E-state index contributed by atoms with van der Waals surface area (Å²) < 4.78 is 32.0. The van der Waals surface area contributed by atoms with Gasteiger partial charge in [-0.3, -0.25) is 4.79 Å². The van der Waals surface area contributed by atoms with Gasteiger partial charge in [-0.2, -0.15) is 0 Å². The Bertz CT molecular complexity index is 2840. The molecule has 67 heavy (non-hydrogen) atoms. The van der Waals surface area contributed by atoms with Gasteiger partial charge in [-0.05, 0) is 123 Å². The summed E-state index contributed by atoms with van der Waals surface area (Å²) >= 11 is 0. The third-order valence-corrected chi connectivity index (χ3v) is 14.1. The molecule has 0 amide bonds. The van der Waals surface area contributed by atoms with Crippen molar-refractivity contribution in [3.8, 4) is 5.75 Å². The number of benzene rings is 5. The molecule has 10 rings (SSSR count). The highest BCUT2D eigenvalue weighted by molar-refractivity contribution is 5.90. The SMILES string of the molecule is COCCc1cc2ccc3c(c2oc1=O)[C@H]1OC(=O)C[C@@H]2C[C@H](c4cccc(Cc5ccccc5)c4)C=C[C@H]2c2ccc(cc2)CCC(=C(C)C)C(=O)O[C@@H]1[C@](C)(CCCc1ccccc1)O3. The Balaban J connectivity index is 1.13. The van der Waals surface area contributed by atoms with Crippen molar-refractivity contribution in [2.45, 2.75) is 108 Å². The van der Waals surface area contributed by atoms with Crippen LogP contribution in [0, 0.1) is 5.92 Å². The lowest BCUT2D eigenvalue weighted by atomic mass is 9.72. The van der Waals surface area contributed by atoms with E-state index in [0.29, 0.717) is 66.5 Å². The highest BCUT2D eigenvalue weighted by atomic mass is 16.6. The Morgan fingerprint density at radius 2 is 1.49 bits per heavy atom. The topological polar surface area (TPSA) is 101 Å². The summed E-state index contributed by atoms with van der Waals surface area (Å²) in [5.41, 5.74) is 7.92. The van der Waals surface area contributed by atoms with Gasteiger partial charge in [0.1, 0.15) is 16.9 Å². The second-order valence-electron chi connectivity index (χ2n) is 19.0. The monoisotopic (exact) mass is 896 g/mol. The number of carbonyl (C=O) groups is 2. The molecule has 0 spiro atoms. The second-order valence-corrected chi connectivity index (χ2v) is 19.0. The fourth-order valence-electron chi connectivity index (χ4n) is 10.4. The third kappa shape index (κ3) is 10.3. The molecule has 6 aromatic rings. The number of fused-ring (bicyclic) bond motifs is 11. The molecule has 344 valence electrons. The van der Waals surface area contributed by atoms with Gasteiger partial charge in [0.25, 0.3) is 0 Å². The first-order valence-electron chi connectivity index (χ1n) is 23.8. The van der Waals surface area contributed by atoms with Gasteiger partial charge >= 0.3 is 17.6 Å². The first kappa shape index (κ1) is 45.6. The molecule has 0 saturated carbocycles. The first-order valence-corrected chi connectivity index (χ1v) is 23.8. The molecule has 8 nitrogen and oxygen atoms in total. The van der Waals surface area contributed by atoms with Crippen LogP contribution < -0.4 is 10.4 Å². The Morgan fingerprint density at radius 1 is 0.746 bits per heavy atom. The maximum atomic E-state index is 15.0. The van der Waals surface area contributed by atoms with Crippen LogP contribution in [0.25, 0.3) is 11.0 Å². The van der Waals surface area contributed by atoms with Crippen LogP contribution in [-0.4, -0.2) is 37.4 Å². The van der Waals surface area contributed by atoms with Crippen LogP contribution in [-0.2, 0) is 49.5 Å². The maximum Gasteiger partial charge on any atom is 0.339 e. The Hall–Kier alpha value is -6.51. The largest absolute Gasteiger partial charge is 0.483 e. The van der Waals surface area contributed by atoms with Gasteiger partial charge in [-0.25, -0.2) is 9.59 Å². The smallest absolute Gasteiger partial charge is 0.339 e. The molecule has 5 aromatic carbocycles. The van der Waals surface area contributed by atoms with Crippen molar-refractivity contribution in [2.24, 2.45) is 5.92 Å². The van der Waals surface area contributed by atoms with Crippen molar-refractivity contribution in [2.75, 3.05) is 13.7 Å². The van der Waals surface area contributed by atoms with Crippen molar-refractivity contribution >= 4 is 22.9 Å². The van der Waals surface area contributed by atoms with Gasteiger partial charge in [0.2, 0.25) is 0 Å². The first-order chi connectivity index (χ1) is 32.5. The molecule has 1 aromatic heterocycles. The summed E-state index contributed by atoms with van der Waals surface area (Å²) in [5.74, 6) is -0.604. The minimum absolute atomic E-state index is 0.0465. The van der Waals surface area contributed by atoms with Crippen LogP contribution >= 0.6 is 0 Å². The Labute approximate surface area is 393 Å². The van der Waals surface area contributed by atoms with E-state index in [1.807, 2.05) is 57.2 Å². The molecule has 2 bridgehead atoms. The van der Waals surface area contributed by atoms with Crippen LogP contribution in [0.5, 0.6) is 5.75 Å². The maximum absolute atomic E-state index is 15.0. The van der Waals surface area contributed by atoms with E-state index in [1.165, 1.54) is 22.3 Å². The molecule has 0 fully saturated rings. The van der Waals surface area contributed by atoms with Crippen LogP contribution in [0.1, 0.15) is 115 Å². The van der Waals surface area contributed by atoms with E-state index in [9.17, 15) is 9.59 Å². The number of aryl methyl sites for hydroxylation is 2. The minimum atomic E-state index is -1.16. The van der Waals surface area contributed by atoms with E-state index in [1.54, 1.807) is 13.2 Å². The molecule has 0 unspecified atom stereocenters. The lowest BCUT2D eigenvalue weighted by Gasteiger charge is -2.45.